The normalized spacial score (nSPS) is 19.8. The Kier molecular flexibility index (Phi) is 5.07. The monoisotopic (exact) mass is 351 g/mol. The lowest BCUT2D eigenvalue weighted by molar-refractivity contribution is 0.312. The van der Waals surface area contributed by atoms with Crippen molar-refractivity contribution in [3.8, 4) is 11.4 Å². The third kappa shape index (κ3) is 3.83. The SMILES string of the molecule is CC1CCN(c2cc(N3CCN(C)CC3)nc(-c3ccccc3)n2)CC1. The number of nitrogens with zero attached hydrogens (tertiary/aromatic N) is 5. The van der Waals surface area contributed by atoms with Crippen LogP contribution < -0.4 is 9.80 Å². The lowest BCUT2D eigenvalue weighted by Crippen LogP contribution is -2.45. The van der Waals surface area contributed by atoms with Gasteiger partial charge >= 0.3 is 0 Å². The van der Waals surface area contributed by atoms with Gasteiger partial charge in [0.1, 0.15) is 11.6 Å². The van der Waals surface area contributed by atoms with Crippen LogP contribution >= 0.6 is 0 Å². The first-order valence-corrected chi connectivity index (χ1v) is 9.82. The summed E-state index contributed by atoms with van der Waals surface area (Å²) in [5.41, 5.74) is 1.09. The van der Waals surface area contributed by atoms with Crippen LogP contribution in [0.4, 0.5) is 11.6 Å². The number of aromatic nitrogens is 2. The molecule has 2 aliphatic rings. The zero-order valence-corrected chi connectivity index (χ0v) is 15.9. The first-order valence-electron chi connectivity index (χ1n) is 9.82. The van der Waals surface area contributed by atoms with Crippen LogP contribution in [-0.4, -0.2) is 61.2 Å². The van der Waals surface area contributed by atoms with Crippen molar-refractivity contribution in [2.45, 2.75) is 19.8 Å². The van der Waals surface area contributed by atoms with Crippen LogP contribution in [0.5, 0.6) is 0 Å². The van der Waals surface area contributed by atoms with E-state index in [0.29, 0.717) is 0 Å². The zero-order valence-electron chi connectivity index (χ0n) is 15.9. The van der Waals surface area contributed by atoms with Crippen LogP contribution in [0.15, 0.2) is 36.4 Å². The largest absolute Gasteiger partial charge is 0.356 e. The maximum atomic E-state index is 4.94. The molecule has 2 aliphatic heterocycles. The fraction of sp³-hybridized carbons (Fsp3) is 0.524. The fourth-order valence-corrected chi connectivity index (χ4v) is 3.74. The van der Waals surface area contributed by atoms with Crippen LogP contribution in [0.25, 0.3) is 11.4 Å². The minimum Gasteiger partial charge on any atom is -0.356 e. The Hall–Kier alpha value is -2.14. The van der Waals surface area contributed by atoms with E-state index in [1.54, 1.807) is 0 Å². The van der Waals surface area contributed by atoms with Gasteiger partial charge in [0.2, 0.25) is 0 Å². The lowest BCUT2D eigenvalue weighted by Gasteiger charge is -2.35. The molecule has 0 unspecified atom stereocenters. The maximum absolute atomic E-state index is 4.94. The Bertz CT molecular complexity index is 676. The van der Waals surface area contributed by atoms with Gasteiger partial charge in [-0.05, 0) is 25.8 Å². The highest BCUT2D eigenvalue weighted by Gasteiger charge is 2.22. The summed E-state index contributed by atoms with van der Waals surface area (Å²) in [6.45, 7) is 8.75. The standard InChI is InChI=1S/C21H29N5/c1-17-8-10-25(11-9-17)19-16-20(26-14-12-24(2)13-15-26)23-21(22-19)18-6-4-3-5-7-18/h3-7,16-17H,8-15H2,1-2H3. The van der Waals surface area contributed by atoms with Crippen molar-refractivity contribution in [3.05, 3.63) is 36.4 Å². The van der Waals surface area contributed by atoms with Gasteiger partial charge in [-0.2, -0.15) is 0 Å². The van der Waals surface area contributed by atoms with Gasteiger partial charge in [0.25, 0.3) is 0 Å². The molecule has 0 spiro atoms. The highest BCUT2D eigenvalue weighted by atomic mass is 15.3. The predicted octanol–water partition coefficient (Wildman–Crippen LogP) is 3.13. The van der Waals surface area contributed by atoms with Gasteiger partial charge in [0.05, 0.1) is 0 Å². The van der Waals surface area contributed by atoms with Crippen LogP contribution in [0, 0.1) is 5.92 Å². The number of hydrogen-bond acceptors (Lipinski definition) is 5. The summed E-state index contributed by atoms with van der Waals surface area (Å²) in [6, 6.07) is 12.6. The van der Waals surface area contributed by atoms with E-state index in [-0.39, 0.29) is 0 Å². The Morgan fingerprint density at radius 1 is 0.808 bits per heavy atom. The van der Waals surface area contributed by atoms with Crippen molar-refractivity contribution in [1.82, 2.24) is 14.9 Å². The molecule has 4 rings (SSSR count). The minimum atomic E-state index is 0.818. The predicted molar refractivity (Wildman–Crippen MR) is 108 cm³/mol. The molecule has 2 aromatic rings. The Labute approximate surface area is 156 Å². The van der Waals surface area contributed by atoms with Crippen molar-refractivity contribution < 1.29 is 0 Å². The molecule has 0 aliphatic carbocycles. The Morgan fingerprint density at radius 2 is 1.38 bits per heavy atom. The molecule has 138 valence electrons. The minimum absolute atomic E-state index is 0.818. The van der Waals surface area contributed by atoms with E-state index in [1.165, 1.54) is 12.8 Å². The van der Waals surface area contributed by atoms with E-state index < -0.39 is 0 Å². The van der Waals surface area contributed by atoms with Gasteiger partial charge in [-0.3, -0.25) is 0 Å². The molecule has 2 fully saturated rings. The molecule has 26 heavy (non-hydrogen) atoms. The number of likely N-dealkylation sites (N-methyl/N-ethyl adjacent to an activating group) is 1. The summed E-state index contributed by atoms with van der Waals surface area (Å²) in [4.78, 5) is 17.1. The average molecular weight is 351 g/mol. The number of benzene rings is 1. The summed E-state index contributed by atoms with van der Waals surface area (Å²) >= 11 is 0. The maximum Gasteiger partial charge on any atom is 0.163 e. The van der Waals surface area contributed by atoms with E-state index in [1.807, 2.05) is 6.07 Å². The average Bonchev–Trinajstić information content (AvgIpc) is 2.69. The van der Waals surface area contributed by atoms with Gasteiger partial charge in [0, 0.05) is 50.9 Å². The van der Waals surface area contributed by atoms with Crippen molar-refractivity contribution >= 4 is 11.6 Å². The molecule has 5 heteroatoms. The van der Waals surface area contributed by atoms with Crippen LogP contribution in [0.3, 0.4) is 0 Å². The number of piperidine rings is 1. The molecule has 0 atom stereocenters. The molecule has 1 aromatic heterocycles. The third-order valence-electron chi connectivity index (χ3n) is 5.67. The van der Waals surface area contributed by atoms with Crippen molar-refractivity contribution in [2.75, 3.05) is 56.1 Å². The van der Waals surface area contributed by atoms with E-state index in [2.05, 4.69) is 59.0 Å². The van der Waals surface area contributed by atoms with Gasteiger partial charge in [-0.25, -0.2) is 9.97 Å². The lowest BCUT2D eigenvalue weighted by atomic mass is 9.99. The molecule has 0 amide bonds. The summed E-state index contributed by atoms with van der Waals surface area (Å²) < 4.78 is 0. The van der Waals surface area contributed by atoms with E-state index in [9.17, 15) is 0 Å². The molecule has 3 heterocycles. The molecule has 0 saturated carbocycles. The molecule has 2 saturated heterocycles. The Morgan fingerprint density at radius 3 is 2.00 bits per heavy atom. The summed E-state index contributed by atoms with van der Waals surface area (Å²) in [6.07, 6.45) is 2.49. The second-order valence-electron chi connectivity index (χ2n) is 7.73. The molecule has 0 radical (unpaired) electrons. The molecule has 0 bridgehead atoms. The van der Waals surface area contributed by atoms with Crippen LogP contribution in [0.2, 0.25) is 0 Å². The van der Waals surface area contributed by atoms with Gasteiger partial charge in [-0.15, -0.1) is 0 Å². The summed E-state index contributed by atoms with van der Waals surface area (Å²) in [5.74, 6) is 3.81. The molecule has 0 N–H and O–H groups in total. The summed E-state index contributed by atoms with van der Waals surface area (Å²) in [5, 5.41) is 0. The number of rotatable bonds is 3. The molecule has 5 nitrogen and oxygen atoms in total. The van der Waals surface area contributed by atoms with Crippen molar-refractivity contribution in [2.24, 2.45) is 5.92 Å². The van der Waals surface area contributed by atoms with Crippen molar-refractivity contribution in [3.63, 3.8) is 0 Å². The van der Waals surface area contributed by atoms with E-state index in [0.717, 1.165) is 68.2 Å². The van der Waals surface area contributed by atoms with Crippen LogP contribution in [-0.2, 0) is 0 Å². The third-order valence-corrected chi connectivity index (χ3v) is 5.67. The highest BCUT2D eigenvalue weighted by Crippen LogP contribution is 2.28. The first kappa shape index (κ1) is 17.3. The van der Waals surface area contributed by atoms with Crippen molar-refractivity contribution in [1.29, 1.82) is 0 Å². The quantitative estimate of drug-likeness (QED) is 0.849. The van der Waals surface area contributed by atoms with Gasteiger partial charge in [-0.1, -0.05) is 37.3 Å². The second kappa shape index (κ2) is 7.62. The van der Waals surface area contributed by atoms with E-state index >= 15 is 0 Å². The summed E-state index contributed by atoms with van der Waals surface area (Å²) in [7, 11) is 2.19. The van der Waals surface area contributed by atoms with Gasteiger partial charge < -0.3 is 14.7 Å². The number of hydrogen-bond donors (Lipinski definition) is 0. The van der Waals surface area contributed by atoms with Gasteiger partial charge in [0.15, 0.2) is 5.82 Å². The highest BCUT2D eigenvalue weighted by molar-refractivity contribution is 5.62. The topological polar surface area (TPSA) is 35.5 Å². The molecular weight excluding hydrogens is 322 g/mol. The zero-order chi connectivity index (χ0) is 17.9. The fourth-order valence-electron chi connectivity index (χ4n) is 3.74. The first-order chi connectivity index (χ1) is 12.7. The van der Waals surface area contributed by atoms with Crippen LogP contribution in [0.1, 0.15) is 19.8 Å². The number of piperazine rings is 1. The molecular formula is C21H29N5. The number of anilines is 2. The van der Waals surface area contributed by atoms with E-state index in [4.69, 9.17) is 9.97 Å². The Balaban J connectivity index is 1.67. The second-order valence-corrected chi connectivity index (χ2v) is 7.73. The molecule has 1 aromatic carbocycles. The smallest absolute Gasteiger partial charge is 0.163 e.